The summed E-state index contributed by atoms with van der Waals surface area (Å²) in [6, 6.07) is 8.32. The molecule has 0 spiro atoms. The Balaban J connectivity index is 1.88. The molecule has 0 saturated heterocycles. The molecule has 0 aliphatic heterocycles. The average Bonchev–Trinajstić information content (AvgIpc) is 2.40. The van der Waals surface area contributed by atoms with Gasteiger partial charge in [-0.05, 0) is 49.3 Å². The molecule has 1 aliphatic carbocycles. The number of aliphatic hydroxyl groups excluding tert-OH is 1. The average molecular weight is 250 g/mol. The Bertz CT molecular complexity index is 343. The van der Waals surface area contributed by atoms with E-state index in [1.54, 1.807) is 0 Å². The van der Waals surface area contributed by atoms with Crippen LogP contribution in [0.1, 0.15) is 44.6 Å². The van der Waals surface area contributed by atoms with E-state index in [-0.39, 0.29) is 6.61 Å². The van der Waals surface area contributed by atoms with E-state index in [1.165, 1.54) is 37.0 Å². The van der Waals surface area contributed by atoms with Crippen LogP contribution in [0.3, 0.4) is 0 Å². The molecule has 0 bridgehead atoms. The van der Waals surface area contributed by atoms with Crippen molar-refractivity contribution in [1.29, 1.82) is 0 Å². The first-order valence-electron chi connectivity index (χ1n) is 6.68. The Hall–Kier alpha value is -0.470. The lowest BCUT2D eigenvalue weighted by molar-refractivity contribution is 0.281. The number of benzene rings is 1. The van der Waals surface area contributed by atoms with Crippen LogP contribution in [-0.2, 0) is 6.61 Å². The number of hydrogen-bond acceptors (Lipinski definition) is 2. The lowest BCUT2D eigenvalue weighted by Gasteiger charge is -2.27. The zero-order valence-electron chi connectivity index (χ0n) is 10.6. The highest BCUT2D eigenvalue weighted by molar-refractivity contribution is 8.00. The van der Waals surface area contributed by atoms with Gasteiger partial charge in [-0.15, -0.1) is 11.8 Å². The predicted octanol–water partition coefficient (Wildman–Crippen LogP) is 4.24. The van der Waals surface area contributed by atoms with E-state index >= 15 is 0 Å². The van der Waals surface area contributed by atoms with Gasteiger partial charge in [0.05, 0.1) is 6.61 Å². The molecule has 0 heterocycles. The van der Waals surface area contributed by atoms with Crippen LogP contribution in [0.2, 0.25) is 0 Å². The van der Waals surface area contributed by atoms with Gasteiger partial charge in [-0.3, -0.25) is 0 Å². The second-order valence-electron chi connectivity index (χ2n) is 4.97. The molecule has 0 atom stereocenters. The minimum absolute atomic E-state index is 0.150. The Kier molecular flexibility index (Phi) is 4.93. The largest absolute Gasteiger partial charge is 0.392 e. The molecule has 2 heteroatoms. The molecule has 1 aromatic carbocycles. The van der Waals surface area contributed by atoms with Gasteiger partial charge in [0.25, 0.3) is 0 Å². The van der Waals surface area contributed by atoms with Crippen LogP contribution in [0.15, 0.2) is 29.2 Å². The fourth-order valence-corrected chi connectivity index (χ4v) is 3.84. The zero-order valence-corrected chi connectivity index (χ0v) is 11.4. The summed E-state index contributed by atoms with van der Waals surface area (Å²) in [5.74, 6) is 0.968. The van der Waals surface area contributed by atoms with Crippen molar-refractivity contribution in [2.24, 2.45) is 5.92 Å². The topological polar surface area (TPSA) is 20.2 Å². The van der Waals surface area contributed by atoms with Crippen molar-refractivity contribution in [3.63, 3.8) is 0 Å². The van der Waals surface area contributed by atoms with E-state index in [0.717, 1.165) is 16.7 Å². The zero-order chi connectivity index (χ0) is 12.1. The van der Waals surface area contributed by atoms with Crippen LogP contribution in [-0.4, -0.2) is 10.4 Å². The molecule has 0 amide bonds. The Morgan fingerprint density at radius 3 is 2.65 bits per heavy atom. The van der Waals surface area contributed by atoms with Gasteiger partial charge >= 0.3 is 0 Å². The van der Waals surface area contributed by atoms with Crippen molar-refractivity contribution in [3.8, 4) is 0 Å². The van der Waals surface area contributed by atoms with E-state index < -0.39 is 0 Å². The summed E-state index contributed by atoms with van der Waals surface area (Å²) in [5.41, 5.74) is 1.03. The van der Waals surface area contributed by atoms with Crippen LogP contribution >= 0.6 is 11.8 Å². The predicted molar refractivity (Wildman–Crippen MR) is 74.3 cm³/mol. The summed E-state index contributed by atoms with van der Waals surface area (Å²) in [6.45, 7) is 2.46. The van der Waals surface area contributed by atoms with Crippen molar-refractivity contribution in [1.82, 2.24) is 0 Å². The van der Waals surface area contributed by atoms with Crippen molar-refractivity contribution in [2.45, 2.75) is 55.8 Å². The summed E-state index contributed by atoms with van der Waals surface area (Å²) in [6.07, 6.45) is 6.85. The fourth-order valence-electron chi connectivity index (χ4n) is 2.57. The standard InChI is InChI=1S/C15H22OS/c1-2-12-6-8-14(9-7-12)17-15-5-3-4-13(10-15)11-16/h3-5,10,12,14,16H,2,6-9,11H2,1H3. The van der Waals surface area contributed by atoms with Gasteiger partial charge < -0.3 is 5.11 Å². The van der Waals surface area contributed by atoms with Crippen LogP contribution in [0.4, 0.5) is 0 Å². The highest BCUT2D eigenvalue weighted by Gasteiger charge is 2.20. The quantitative estimate of drug-likeness (QED) is 0.862. The Labute approximate surface area is 109 Å². The van der Waals surface area contributed by atoms with E-state index in [4.69, 9.17) is 5.11 Å². The van der Waals surface area contributed by atoms with Crippen LogP contribution < -0.4 is 0 Å². The molecule has 0 aromatic heterocycles. The second-order valence-corrected chi connectivity index (χ2v) is 6.35. The SMILES string of the molecule is CCC1CCC(Sc2cccc(CO)c2)CC1. The molecule has 94 valence electrons. The third-order valence-electron chi connectivity index (χ3n) is 3.75. The van der Waals surface area contributed by atoms with Gasteiger partial charge in [0.2, 0.25) is 0 Å². The van der Waals surface area contributed by atoms with Gasteiger partial charge in [-0.2, -0.15) is 0 Å². The molecule has 0 radical (unpaired) electrons. The molecule has 1 N–H and O–H groups in total. The molecule has 1 fully saturated rings. The number of thioether (sulfide) groups is 1. The van der Waals surface area contributed by atoms with Crippen LogP contribution in [0, 0.1) is 5.92 Å². The van der Waals surface area contributed by atoms with Gasteiger partial charge in [-0.1, -0.05) is 25.5 Å². The summed E-state index contributed by atoms with van der Waals surface area (Å²) < 4.78 is 0. The highest BCUT2D eigenvalue weighted by atomic mass is 32.2. The first kappa shape index (κ1) is 13.0. The van der Waals surface area contributed by atoms with E-state index in [1.807, 2.05) is 23.9 Å². The molecule has 1 aliphatic rings. The minimum atomic E-state index is 0.150. The van der Waals surface area contributed by atoms with E-state index in [9.17, 15) is 0 Å². The molecule has 17 heavy (non-hydrogen) atoms. The van der Waals surface area contributed by atoms with E-state index in [2.05, 4.69) is 19.1 Å². The number of aliphatic hydroxyl groups is 1. The molecule has 1 aromatic rings. The highest BCUT2D eigenvalue weighted by Crippen LogP contribution is 2.36. The van der Waals surface area contributed by atoms with Crippen molar-refractivity contribution < 1.29 is 5.11 Å². The minimum Gasteiger partial charge on any atom is -0.392 e. The molecular formula is C15H22OS. The Morgan fingerprint density at radius 1 is 1.24 bits per heavy atom. The summed E-state index contributed by atoms with van der Waals surface area (Å²) in [7, 11) is 0. The van der Waals surface area contributed by atoms with E-state index in [0.29, 0.717) is 0 Å². The second kappa shape index (κ2) is 6.46. The van der Waals surface area contributed by atoms with Gasteiger partial charge in [0.15, 0.2) is 0 Å². The van der Waals surface area contributed by atoms with Gasteiger partial charge in [0.1, 0.15) is 0 Å². The maximum atomic E-state index is 9.13. The first-order valence-corrected chi connectivity index (χ1v) is 7.56. The number of rotatable bonds is 4. The summed E-state index contributed by atoms with van der Waals surface area (Å²) >= 11 is 2.00. The molecule has 1 saturated carbocycles. The van der Waals surface area contributed by atoms with Crippen molar-refractivity contribution in [3.05, 3.63) is 29.8 Å². The van der Waals surface area contributed by atoms with Crippen molar-refractivity contribution in [2.75, 3.05) is 0 Å². The third-order valence-corrected chi connectivity index (χ3v) is 5.09. The molecule has 2 rings (SSSR count). The monoisotopic (exact) mass is 250 g/mol. The lowest BCUT2D eigenvalue weighted by atomic mass is 9.87. The smallest absolute Gasteiger partial charge is 0.0682 e. The summed E-state index contributed by atoms with van der Waals surface area (Å²) in [4.78, 5) is 1.32. The summed E-state index contributed by atoms with van der Waals surface area (Å²) in [5, 5.41) is 9.91. The maximum absolute atomic E-state index is 9.13. The van der Waals surface area contributed by atoms with Crippen molar-refractivity contribution >= 4 is 11.8 Å². The van der Waals surface area contributed by atoms with Gasteiger partial charge in [-0.25, -0.2) is 0 Å². The fraction of sp³-hybridized carbons (Fsp3) is 0.600. The van der Waals surface area contributed by atoms with Crippen LogP contribution in [0.5, 0.6) is 0 Å². The maximum Gasteiger partial charge on any atom is 0.0682 e. The number of hydrogen-bond donors (Lipinski definition) is 1. The third kappa shape index (κ3) is 3.75. The normalized spacial score (nSPS) is 24.8. The van der Waals surface area contributed by atoms with Gasteiger partial charge in [0, 0.05) is 10.1 Å². The first-order chi connectivity index (χ1) is 8.31. The molecule has 1 nitrogen and oxygen atoms in total. The molecular weight excluding hydrogens is 228 g/mol. The lowest BCUT2D eigenvalue weighted by Crippen LogP contribution is -2.15. The molecule has 0 unspecified atom stereocenters. The van der Waals surface area contributed by atoms with Crippen LogP contribution in [0.25, 0.3) is 0 Å². The Morgan fingerprint density at radius 2 is 2.00 bits per heavy atom.